The summed E-state index contributed by atoms with van der Waals surface area (Å²) < 4.78 is 1.93. The van der Waals surface area contributed by atoms with E-state index in [1.807, 2.05) is 30.1 Å². The summed E-state index contributed by atoms with van der Waals surface area (Å²) in [5, 5.41) is 7.68. The fourth-order valence-electron chi connectivity index (χ4n) is 2.56. The molecule has 0 radical (unpaired) electrons. The molecule has 0 amide bonds. The van der Waals surface area contributed by atoms with Gasteiger partial charge in [-0.05, 0) is 30.0 Å². The van der Waals surface area contributed by atoms with Crippen LogP contribution in [0.25, 0.3) is 0 Å². The monoisotopic (exact) mass is 325 g/mol. The van der Waals surface area contributed by atoms with Crippen molar-refractivity contribution < 1.29 is 0 Å². The highest BCUT2D eigenvalue weighted by Gasteiger charge is 2.05. The third kappa shape index (κ3) is 5.57. The lowest BCUT2D eigenvalue weighted by Gasteiger charge is -2.22. The van der Waals surface area contributed by atoms with E-state index in [1.54, 1.807) is 6.20 Å². The number of aromatic nitrogens is 2. The van der Waals surface area contributed by atoms with E-state index in [2.05, 4.69) is 58.2 Å². The van der Waals surface area contributed by atoms with Crippen LogP contribution in [-0.4, -0.2) is 41.3 Å². The number of guanidine groups is 1. The smallest absolute Gasteiger partial charge is 0.193 e. The topological polar surface area (TPSA) is 45.5 Å². The number of aliphatic imine (C=N–C) groups is 1. The molecule has 1 heterocycles. The lowest BCUT2D eigenvalue weighted by Crippen LogP contribution is -2.38. The molecule has 5 nitrogen and oxygen atoms in total. The van der Waals surface area contributed by atoms with Gasteiger partial charge < -0.3 is 10.2 Å². The van der Waals surface area contributed by atoms with Gasteiger partial charge in [-0.3, -0.25) is 9.67 Å². The molecule has 1 aromatic carbocycles. The van der Waals surface area contributed by atoms with Crippen LogP contribution in [0.1, 0.15) is 24.0 Å². The maximum Gasteiger partial charge on any atom is 0.193 e. The highest BCUT2D eigenvalue weighted by Crippen LogP contribution is 2.07. The first-order chi connectivity index (χ1) is 11.7. The zero-order chi connectivity index (χ0) is 17.2. The number of nitrogens with one attached hydrogen (secondary N) is 1. The van der Waals surface area contributed by atoms with Crippen LogP contribution < -0.4 is 5.32 Å². The molecule has 0 saturated carbocycles. The minimum Gasteiger partial charge on any atom is -0.352 e. The molecule has 2 rings (SSSR count). The quantitative estimate of drug-likeness (QED) is 0.351. The van der Waals surface area contributed by atoms with Crippen molar-refractivity contribution in [2.24, 2.45) is 4.99 Å². The zero-order valence-corrected chi connectivity index (χ0v) is 14.7. The third-order valence-electron chi connectivity index (χ3n) is 3.82. The first-order valence-electron chi connectivity index (χ1n) is 8.31. The molecule has 1 N–H and O–H groups in total. The molecule has 24 heavy (non-hydrogen) atoms. The third-order valence-corrected chi connectivity index (χ3v) is 3.82. The maximum atomic E-state index is 4.36. The van der Waals surface area contributed by atoms with Gasteiger partial charge in [-0.25, -0.2) is 0 Å². The summed E-state index contributed by atoms with van der Waals surface area (Å²) in [5.74, 6) is 0.913. The summed E-state index contributed by atoms with van der Waals surface area (Å²) in [6.45, 7) is 6.27. The van der Waals surface area contributed by atoms with Crippen LogP contribution in [0.3, 0.4) is 0 Å². The van der Waals surface area contributed by atoms with Crippen molar-refractivity contribution in [1.29, 1.82) is 0 Å². The summed E-state index contributed by atoms with van der Waals surface area (Å²) in [5.41, 5.74) is 2.48. The average Bonchev–Trinajstić information content (AvgIpc) is 3.09. The minimum atomic E-state index is 0.755. The Bertz CT molecular complexity index is 646. The van der Waals surface area contributed by atoms with Crippen LogP contribution in [0.5, 0.6) is 0 Å². The van der Waals surface area contributed by atoms with Gasteiger partial charge in [-0.1, -0.05) is 30.3 Å². The van der Waals surface area contributed by atoms with Crippen LogP contribution in [0.15, 0.2) is 60.4 Å². The Morgan fingerprint density at radius 3 is 2.92 bits per heavy atom. The van der Waals surface area contributed by atoms with Crippen LogP contribution in [0.2, 0.25) is 0 Å². The number of rotatable bonds is 8. The molecule has 0 bridgehead atoms. The number of hydrogen-bond donors (Lipinski definition) is 1. The normalized spacial score (nSPS) is 11.3. The van der Waals surface area contributed by atoms with Gasteiger partial charge in [0.2, 0.25) is 0 Å². The van der Waals surface area contributed by atoms with E-state index >= 15 is 0 Å². The number of allylic oxidation sites excluding steroid dienone is 1. The lowest BCUT2D eigenvalue weighted by atomic mass is 10.1. The van der Waals surface area contributed by atoms with Gasteiger partial charge >= 0.3 is 0 Å². The molecule has 128 valence electrons. The molecule has 0 atom stereocenters. The van der Waals surface area contributed by atoms with Crippen molar-refractivity contribution in [2.75, 3.05) is 20.6 Å². The van der Waals surface area contributed by atoms with Crippen molar-refractivity contribution in [2.45, 2.75) is 25.9 Å². The molecule has 0 aliphatic carbocycles. The van der Waals surface area contributed by atoms with Crippen LogP contribution in [0, 0.1) is 0 Å². The maximum absolute atomic E-state index is 4.36. The molecule has 0 unspecified atom stereocenters. The zero-order valence-electron chi connectivity index (χ0n) is 14.7. The van der Waals surface area contributed by atoms with E-state index in [4.69, 9.17) is 0 Å². The Morgan fingerprint density at radius 2 is 2.21 bits per heavy atom. The molecule has 0 fully saturated rings. The second kappa shape index (κ2) is 9.55. The van der Waals surface area contributed by atoms with Crippen molar-refractivity contribution in [3.8, 4) is 0 Å². The second-order valence-electron chi connectivity index (χ2n) is 5.78. The molecule has 0 saturated heterocycles. The minimum absolute atomic E-state index is 0.755. The van der Waals surface area contributed by atoms with Gasteiger partial charge in [0, 0.05) is 39.6 Å². The molecular formula is C19H27N5. The van der Waals surface area contributed by atoms with Gasteiger partial charge in [-0.15, -0.1) is 6.58 Å². The number of benzene rings is 1. The lowest BCUT2D eigenvalue weighted by molar-refractivity contribution is 0.470. The molecule has 2 aromatic rings. The largest absolute Gasteiger partial charge is 0.352 e. The predicted molar refractivity (Wildman–Crippen MR) is 100 cm³/mol. The van der Waals surface area contributed by atoms with Crippen molar-refractivity contribution in [3.05, 3.63) is 66.5 Å². The molecular weight excluding hydrogens is 298 g/mol. The molecule has 0 aliphatic rings. The van der Waals surface area contributed by atoms with Crippen molar-refractivity contribution in [3.63, 3.8) is 0 Å². The Labute approximate surface area is 144 Å². The first kappa shape index (κ1) is 17.8. The number of hydrogen-bond acceptors (Lipinski definition) is 2. The molecule has 5 heteroatoms. The highest BCUT2D eigenvalue weighted by atomic mass is 15.3. The van der Waals surface area contributed by atoms with Crippen LogP contribution >= 0.6 is 0 Å². The van der Waals surface area contributed by atoms with Gasteiger partial charge in [0.1, 0.15) is 0 Å². The summed E-state index contributed by atoms with van der Waals surface area (Å²) in [4.78, 5) is 6.51. The van der Waals surface area contributed by atoms with E-state index in [9.17, 15) is 0 Å². The molecule has 0 aliphatic heterocycles. The van der Waals surface area contributed by atoms with Crippen LogP contribution in [-0.2, 0) is 13.1 Å². The summed E-state index contributed by atoms with van der Waals surface area (Å²) in [6.07, 6.45) is 7.84. The van der Waals surface area contributed by atoms with E-state index in [0.717, 1.165) is 38.4 Å². The van der Waals surface area contributed by atoms with Crippen LogP contribution in [0.4, 0.5) is 0 Å². The predicted octanol–water partition coefficient (Wildman–Crippen LogP) is 2.90. The summed E-state index contributed by atoms with van der Waals surface area (Å²) in [6, 6.07) is 10.5. The Hall–Kier alpha value is -2.56. The molecule has 0 spiro atoms. The Kier molecular flexibility index (Phi) is 7.08. The number of nitrogens with zero attached hydrogens (tertiary/aromatic N) is 4. The van der Waals surface area contributed by atoms with Gasteiger partial charge in [0.05, 0.1) is 6.54 Å². The van der Waals surface area contributed by atoms with E-state index < -0.39 is 0 Å². The summed E-state index contributed by atoms with van der Waals surface area (Å²) >= 11 is 0. The van der Waals surface area contributed by atoms with Gasteiger partial charge in [0.25, 0.3) is 0 Å². The second-order valence-corrected chi connectivity index (χ2v) is 5.78. The van der Waals surface area contributed by atoms with E-state index in [0.29, 0.717) is 0 Å². The highest BCUT2D eigenvalue weighted by molar-refractivity contribution is 5.79. The van der Waals surface area contributed by atoms with Gasteiger partial charge in [0.15, 0.2) is 5.96 Å². The van der Waals surface area contributed by atoms with E-state index in [-0.39, 0.29) is 0 Å². The Balaban J connectivity index is 1.89. The SMILES string of the molecule is C=CCCCN(C)C(=NC)NCc1cccc(Cn2cccn2)c1. The first-order valence-corrected chi connectivity index (χ1v) is 8.31. The van der Waals surface area contributed by atoms with Gasteiger partial charge in [-0.2, -0.15) is 5.10 Å². The number of unbranched alkanes of at least 4 members (excludes halogenated alkanes) is 1. The van der Waals surface area contributed by atoms with E-state index in [1.165, 1.54) is 11.1 Å². The fourth-order valence-corrected chi connectivity index (χ4v) is 2.56. The summed E-state index contributed by atoms with van der Waals surface area (Å²) in [7, 11) is 3.88. The van der Waals surface area contributed by atoms with Crippen molar-refractivity contribution in [1.82, 2.24) is 20.0 Å². The molecule has 1 aromatic heterocycles. The average molecular weight is 325 g/mol. The standard InChI is InChI=1S/C19H27N5/c1-4-5-6-12-23(3)19(20-2)21-15-17-9-7-10-18(14-17)16-24-13-8-11-22-24/h4,7-11,13-14H,1,5-6,12,15-16H2,2-3H3,(H,20,21). The van der Waals surface area contributed by atoms with Crippen molar-refractivity contribution >= 4 is 5.96 Å². The Morgan fingerprint density at radius 1 is 1.38 bits per heavy atom. The fraction of sp³-hybridized carbons (Fsp3) is 0.368.